The number of amides is 2. The monoisotopic (exact) mass is 437 g/mol. The smallest absolute Gasteiger partial charge is 0.258 e. The maximum atomic E-state index is 13.5. The lowest BCUT2D eigenvalue weighted by Gasteiger charge is -2.30. The first-order valence-corrected chi connectivity index (χ1v) is 11.7. The zero-order chi connectivity index (χ0) is 22.4. The Morgan fingerprint density at radius 2 is 1.88 bits per heavy atom. The molecule has 4 heterocycles. The first-order chi connectivity index (χ1) is 15.5. The summed E-state index contributed by atoms with van der Waals surface area (Å²) in [6.45, 7) is 6.07. The Morgan fingerprint density at radius 1 is 1.06 bits per heavy atom. The first kappa shape index (κ1) is 21.0. The fraction of sp³-hybridized carbons (Fsp3) is 0.583. The summed E-state index contributed by atoms with van der Waals surface area (Å²) < 4.78 is 5.95. The van der Waals surface area contributed by atoms with Crippen molar-refractivity contribution in [2.75, 3.05) is 32.0 Å². The van der Waals surface area contributed by atoms with E-state index in [1.165, 1.54) is 0 Å². The quantitative estimate of drug-likeness (QED) is 0.794. The molecule has 170 valence electrons. The molecule has 8 heteroatoms. The Kier molecular flexibility index (Phi) is 5.39. The Balaban J connectivity index is 1.40. The predicted molar refractivity (Wildman–Crippen MR) is 120 cm³/mol. The van der Waals surface area contributed by atoms with Gasteiger partial charge in [-0.3, -0.25) is 9.59 Å². The van der Waals surface area contributed by atoms with Gasteiger partial charge in [0.25, 0.3) is 5.91 Å². The molecule has 2 aliphatic heterocycles. The van der Waals surface area contributed by atoms with Crippen LogP contribution in [0.1, 0.15) is 76.6 Å². The minimum absolute atomic E-state index is 0.0547. The van der Waals surface area contributed by atoms with E-state index in [0.29, 0.717) is 26.1 Å². The highest BCUT2D eigenvalue weighted by molar-refractivity contribution is 5.97. The molecule has 1 aliphatic carbocycles. The molecule has 0 aromatic carbocycles. The minimum Gasteiger partial charge on any atom is -0.465 e. The highest BCUT2D eigenvalue weighted by Gasteiger charge is 2.33. The van der Waals surface area contributed by atoms with E-state index in [4.69, 9.17) is 14.4 Å². The standard InChI is InChI=1S/C24H31N5O3/c1-14-21(17-6-4-5-7-20(17)32-14)24(31)29-11-9-19-18(13-29)23(25-3)27-22(26-19)16-8-10-28(12-16)15(2)30/h16H,4-13H2,1-3H3,(H,25,26,27). The van der Waals surface area contributed by atoms with Crippen LogP contribution in [-0.4, -0.2) is 58.3 Å². The topological polar surface area (TPSA) is 91.6 Å². The van der Waals surface area contributed by atoms with Crippen molar-refractivity contribution in [2.24, 2.45) is 0 Å². The number of carbonyl (C=O) groups excluding carboxylic acids is 2. The van der Waals surface area contributed by atoms with Gasteiger partial charge in [0, 0.05) is 63.5 Å². The maximum Gasteiger partial charge on any atom is 0.258 e. The van der Waals surface area contributed by atoms with Crippen LogP contribution >= 0.6 is 0 Å². The zero-order valence-electron chi connectivity index (χ0n) is 19.2. The highest BCUT2D eigenvalue weighted by atomic mass is 16.3. The van der Waals surface area contributed by atoms with E-state index in [0.717, 1.165) is 84.2 Å². The molecule has 0 bridgehead atoms. The number of furan rings is 1. The summed E-state index contributed by atoms with van der Waals surface area (Å²) >= 11 is 0. The molecule has 2 amide bonds. The Morgan fingerprint density at radius 3 is 2.62 bits per heavy atom. The summed E-state index contributed by atoms with van der Waals surface area (Å²) in [7, 11) is 1.86. The van der Waals surface area contributed by atoms with Crippen LogP contribution in [0.3, 0.4) is 0 Å². The zero-order valence-corrected chi connectivity index (χ0v) is 19.2. The molecule has 1 N–H and O–H groups in total. The van der Waals surface area contributed by atoms with Gasteiger partial charge in [-0.2, -0.15) is 0 Å². The van der Waals surface area contributed by atoms with Crippen molar-refractivity contribution in [3.05, 3.63) is 39.7 Å². The van der Waals surface area contributed by atoms with Crippen molar-refractivity contribution in [1.29, 1.82) is 0 Å². The molecule has 1 fully saturated rings. The van der Waals surface area contributed by atoms with Gasteiger partial charge in [-0.25, -0.2) is 9.97 Å². The van der Waals surface area contributed by atoms with Gasteiger partial charge in [0.1, 0.15) is 23.2 Å². The molecule has 2 aromatic rings. The largest absolute Gasteiger partial charge is 0.465 e. The number of fused-ring (bicyclic) bond motifs is 2. The molecule has 1 unspecified atom stereocenters. The van der Waals surface area contributed by atoms with Crippen LogP contribution < -0.4 is 5.32 Å². The van der Waals surface area contributed by atoms with E-state index in [1.807, 2.05) is 23.8 Å². The second kappa shape index (κ2) is 8.22. The van der Waals surface area contributed by atoms with E-state index >= 15 is 0 Å². The maximum absolute atomic E-state index is 13.5. The molecule has 8 nitrogen and oxygen atoms in total. The lowest BCUT2D eigenvalue weighted by molar-refractivity contribution is -0.127. The van der Waals surface area contributed by atoms with E-state index in [-0.39, 0.29) is 17.7 Å². The molecular weight excluding hydrogens is 406 g/mol. The van der Waals surface area contributed by atoms with Gasteiger partial charge in [-0.05, 0) is 32.6 Å². The second-order valence-corrected chi connectivity index (χ2v) is 9.18. The van der Waals surface area contributed by atoms with Gasteiger partial charge in [-0.1, -0.05) is 0 Å². The van der Waals surface area contributed by atoms with E-state index in [2.05, 4.69) is 5.32 Å². The minimum atomic E-state index is 0.0547. The third kappa shape index (κ3) is 3.55. The molecule has 0 radical (unpaired) electrons. The van der Waals surface area contributed by atoms with Crippen molar-refractivity contribution in [3.8, 4) is 0 Å². The number of nitrogens with zero attached hydrogens (tertiary/aromatic N) is 4. The third-order valence-corrected chi connectivity index (χ3v) is 7.16. The van der Waals surface area contributed by atoms with Crippen molar-refractivity contribution >= 4 is 17.6 Å². The SMILES string of the molecule is CNc1nc(C2CCN(C(C)=O)C2)nc2c1CN(C(=O)c1c(C)oc3c1CCCC3)CC2. The van der Waals surface area contributed by atoms with Crippen LogP contribution in [0.25, 0.3) is 0 Å². The van der Waals surface area contributed by atoms with Crippen molar-refractivity contribution < 1.29 is 14.0 Å². The molecule has 1 atom stereocenters. The Hall–Kier alpha value is -2.90. The molecule has 5 rings (SSSR count). The molecule has 3 aliphatic rings. The molecule has 2 aromatic heterocycles. The Labute approximate surface area is 188 Å². The molecule has 0 spiro atoms. The molecular formula is C24H31N5O3. The lowest BCUT2D eigenvalue weighted by Crippen LogP contribution is -2.38. The van der Waals surface area contributed by atoms with Crippen LogP contribution in [0.15, 0.2) is 4.42 Å². The fourth-order valence-corrected chi connectivity index (χ4v) is 5.39. The number of anilines is 1. The molecule has 0 saturated carbocycles. The number of likely N-dealkylation sites (tertiary alicyclic amines) is 1. The first-order valence-electron chi connectivity index (χ1n) is 11.7. The van der Waals surface area contributed by atoms with E-state index < -0.39 is 0 Å². The van der Waals surface area contributed by atoms with Gasteiger partial charge >= 0.3 is 0 Å². The lowest BCUT2D eigenvalue weighted by atomic mass is 9.93. The van der Waals surface area contributed by atoms with Crippen LogP contribution in [0.2, 0.25) is 0 Å². The van der Waals surface area contributed by atoms with Crippen LogP contribution in [0, 0.1) is 6.92 Å². The summed E-state index contributed by atoms with van der Waals surface area (Å²) in [5.41, 5.74) is 3.88. The summed E-state index contributed by atoms with van der Waals surface area (Å²) in [4.78, 5) is 38.7. The number of aryl methyl sites for hydroxylation is 2. The predicted octanol–water partition coefficient (Wildman–Crippen LogP) is 2.83. The van der Waals surface area contributed by atoms with Gasteiger partial charge in [0.05, 0.1) is 17.8 Å². The van der Waals surface area contributed by atoms with Gasteiger partial charge in [0.15, 0.2) is 0 Å². The summed E-state index contributed by atoms with van der Waals surface area (Å²) in [6.07, 6.45) is 5.67. The van der Waals surface area contributed by atoms with Crippen LogP contribution in [0.5, 0.6) is 0 Å². The highest BCUT2D eigenvalue weighted by Crippen LogP contribution is 2.33. The number of carbonyl (C=O) groups is 2. The van der Waals surface area contributed by atoms with Crippen LogP contribution in [0.4, 0.5) is 5.82 Å². The number of rotatable bonds is 3. The average Bonchev–Trinajstić information content (AvgIpc) is 3.42. The van der Waals surface area contributed by atoms with Gasteiger partial charge < -0.3 is 19.5 Å². The van der Waals surface area contributed by atoms with Gasteiger partial charge in [-0.15, -0.1) is 0 Å². The fourth-order valence-electron chi connectivity index (χ4n) is 5.39. The number of nitrogens with one attached hydrogen (secondary N) is 1. The number of hydrogen-bond donors (Lipinski definition) is 1. The van der Waals surface area contributed by atoms with Crippen molar-refractivity contribution in [1.82, 2.24) is 19.8 Å². The number of aromatic nitrogens is 2. The van der Waals surface area contributed by atoms with E-state index in [9.17, 15) is 9.59 Å². The molecule has 32 heavy (non-hydrogen) atoms. The normalized spacial score (nSPS) is 20.2. The van der Waals surface area contributed by atoms with Crippen molar-refractivity contribution in [2.45, 2.75) is 64.8 Å². The molecule has 1 saturated heterocycles. The Bertz CT molecular complexity index is 1060. The average molecular weight is 438 g/mol. The van der Waals surface area contributed by atoms with Gasteiger partial charge in [0.2, 0.25) is 5.91 Å². The summed E-state index contributed by atoms with van der Waals surface area (Å²) in [6, 6.07) is 0. The number of hydrogen-bond acceptors (Lipinski definition) is 6. The third-order valence-electron chi connectivity index (χ3n) is 7.16. The second-order valence-electron chi connectivity index (χ2n) is 9.18. The van der Waals surface area contributed by atoms with Crippen LogP contribution in [-0.2, 0) is 30.6 Å². The summed E-state index contributed by atoms with van der Waals surface area (Å²) in [5.74, 6) is 3.64. The summed E-state index contributed by atoms with van der Waals surface area (Å²) in [5, 5.41) is 3.22. The van der Waals surface area contributed by atoms with E-state index in [1.54, 1.807) is 6.92 Å². The van der Waals surface area contributed by atoms with Crippen molar-refractivity contribution in [3.63, 3.8) is 0 Å².